The smallest absolute Gasteiger partial charge is 0.137 e. The summed E-state index contributed by atoms with van der Waals surface area (Å²) < 4.78 is 2.95. The summed E-state index contributed by atoms with van der Waals surface area (Å²) in [6, 6.07) is 10.5. The van der Waals surface area contributed by atoms with Crippen molar-refractivity contribution in [2.24, 2.45) is 0 Å². The molecule has 0 unspecified atom stereocenters. The third kappa shape index (κ3) is 3.46. The van der Waals surface area contributed by atoms with Crippen molar-refractivity contribution in [2.75, 3.05) is 5.32 Å². The van der Waals surface area contributed by atoms with Crippen LogP contribution in [0.15, 0.2) is 52.8 Å². The summed E-state index contributed by atoms with van der Waals surface area (Å²) in [6.45, 7) is 1.57. The van der Waals surface area contributed by atoms with Crippen LogP contribution in [-0.2, 0) is 13.1 Å². The maximum Gasteiger partial charge on any atom is 0.137 e. The Bertz CT molecular complexity index is 678. The molecule has 0 aliphatic rings. The summed E-state index contributed by atoms with van der Waals surface area (Å²) in [4.78, 5) is 5.26. The van der Waals surface area contributed by atoms with Gasteiger partial charge < -0.3 is 5.32 Å². The van der Waals surface area contributed by atoms with Crippen LogP contribution in [0.1, 0.15) is 10.4 Å². The Hall–Kier alpha value is -1.66. The minimum absolute atomic E-state index is 0.736. The lowest BCUT2D eigenvalue weighted by Gasteiger charge is -2.07. The van der Waals surface area contributed by atoms with Crippen molar-refractivity contribution in [3.05, 3.63) is 63.3 Å². The number of halogens is 1. The number of aromatic nitrogens is 3. The van der Waals surface area contributed by atoms with Crippen LogP contribution in [0.2, 0.25) is 0 Å². The summed E-state index contributed by atoms with van der Waals surface area (Å²) in [5, 5.41) is 9.65. The van der Waals surface area contributed by atoms with Crippen LogP contribution in [0.5, 0.6) is 0 Å². The maximum atomic E-state index is 4.12. The van der Waals surface area contributed by atoms with Gasteiger partial charge in [0.05, 0.1) is 6.54 Å². The van der Waals surface area contributed by atoms with Gasteiger partial charge in [-0.3, -0.25) is 0 Å². The fraction of sp³-hybridized carbons (Fsp3) is 0.143. The number of hydrogen-bond acceptors (Lipinski definition) is 4. The number of rotatable bonds is 5. The molecule has 20 heavy (non-hydrogen) atoms. The second-order valence-corrected chi connectivity index (χ2v) is 6.29. The minimum Gasteiger partial charge on any atom is -0.380 e. The van der Waals surface area contributed by atoms with Gasteiger partial charge >= 0.3 is 0 Å². The second kappa shape index (κ2) is 6.19. The Morgan fingerprint density at radius 2 is 2.25 bits per heavy atom. The van der Waals surface area contributed by atoms with E-state index in [1.165, 1.54) is 10.4 Å². The predicted octanol–water partition coefficient (Wildman–Crippen LogP) is 3.76. The van der Waals surface area contributed by atoms with E-state index in [0.717, 1.165) is 23.2 Å². The van der Waals surface area contributed by atoms with Crippen molar-refractivity contribution in [3.8, 4) is 0 Å². The van der Waals surface area contributed by atoms with E-state index in [-0.39, 0.29) is 0 Å². The molecule has 0 aliphatic carbocycles. The molecule has 0 saturated heterocycles. The Kier molecular flexibility index (Phi) is 4.13. The van der Waals surface area contributed by atoms with Gasteiger partial charge in [-0.05, 0) is 39.7 Å². The fourth-order valence-electron chi connectivity index (χ4n) is 1.92. The van der Waals surface area contributed by atoms with Crippen LogP contribution in [-0.4, -0.2) is 14.8 Å². The molecule has 1 N–H and O–H groups in total. The van der Waals surface area contributed by atoms with Gasteiger partial charge in [0.15, 0.2) is 0 Å². The molecule has 102 valence electrons. The first-order valence-corrected chi connectivity index (χ1v) is 7.85. The summed E-state index contributed by atoms with van der Waals surface area (Å²) in [7, 11) is 0. The molecule has 2 heterocycles. The van der Waals surface area contributed by atoms with E-state index in [1.807, 2.05) is 4.68 Å². The number of nitrogens with one attached hydrogen (secondary N) is 1. The Balaban J connectivity index is 1.65. The van der Waals surface area contributed by atoms with Crippen molar-refractivity contribution < 1.29 is 0 Å². The molecule has 0 radical (unpaired) electrons. The quantitative estimate of drug-likeness (QED) is 0.763. The SMILES string of the molecule is Brc1csc(CNc2cccc(Cn3cncn3)c2)c1. The molecule has 0 spiro atoms. The van der Waals surface area contributed by atoms with Crippen LogP contribution in [0.25, 0.3) is 0 Å². The van der Waals surface area contributed by atoms with Gasteiger partial charge in [0, 0.05) is 27.0 Å². The highest BCUT2D eigenvalue weighted by Crippen LogP contribution is 2.21. The first kappa shape index (κ1) is 13.3. The van der Waals surface area contributed by atoms with Crippen LogP contribution in [0, 0.1) is 0 Å². The third-order valence-electron chi connectivity index (χ3n) is 2.83. The molecule has 0 bridgehead atoms. The number of anilines is 1. The van der Waals surface area contributed by atoms with E-state index >= 15 is 0 Å². The zero-order valence-corrected chi connectivity index (χ0v) is 13.1. The number of benzene rings is 1. The summed E-state index contributed by atoms with van der Waals surface area (Å²) in [6.07, 6.45) is 3.28. The normalized spacial score (nSPS) is 10.7. The Morgan fingerprint density at radius 3 is 3.00 bits per heavy atom. The standard InChI is InChI=1S/C14H13BrN4S/c15-12-5-14(20-8-12)6-17-13-3-1-2-11(4-13)7-19-10-16-9-18-19/h1-5,8-10,17H,6-7H2. The van der Waals surface area contributed by atoms with E-state index in [1.54, 1.807) is 24.0 Å². The molecule has 3 aromatic rings. The number of hydrogen-bond donors (Lipinski definition) is 1. The van der Waals surface area contributed by atoms with Gasteiger partial charge in [0.25, 0.3) is 0 Å². The van der Waals surface area contributed by atoms with Crippen molar-refractivity contribution in [1.82, 2.24) is 14.8 Å². The van der Waals surface area contributed by atoms with Crippen molar-refractivity contribution in [1.29, 1.82) is 0 Å². The van der Waals surface area contributed by atoms with Crippen molar-refractivity contribution in [3.63, 3.8) is 0 Å². The van der Waals surface area contributed by atoms with E-state index < -0.39 is 0 Å². The predicted molar refractivity (Wildman–Crippen MR) is 84.9 cm³/mol. The highest BCUT2D eigenvalue weighted by molar-refractivity contribution is 9.10. The zero-order chi connectivity index (χ0) is 13.8. The van der Waals surface area contributed by atoms with Gasteiger partial charge in [-0.15, -0.1) is 11.3 Å². The molecular formula is C14H13BrN4S. The average Bonchev–Trinajstić information content (AvgIpc) is 3.09. The first-order valence-electron chi connectivity index (χ1n) is 6.18. The largest absolute Gasteiger partial charge is 0.380 e. The highest BCUT2D eigenvalue weighted by atomic mass is 79.9. The summed E-state index contributed by atoms with van der Waals surface area (Å²) >= 11 is 5.22. The fourth-order valence-corrected chi connectivity index (χ4v) is 3.31. The molecule has 2 aromatic heterocycles. The van der Waals surface area contributed by atoms with Gasteiger partial charge in [-0.1, -0.05) is 12.1 Å². The van der Waals surface area contributed by atoms with Crippen LogP contribution >= 0.6 is 27.3 Å². The van der Waals surface area contributed by atoms with Crippen molar-refractivity contribution >= 4 is 33.0 Å². The highest BCUT2D eigenvalue weighted by Gasteiger charge is 2.00. The van der Waals surface area contributed by atoms with Crippen molar-refractivity contribution in [2.45, 2.75) is 13.1 Å². The molecule has 6 heteroatoms. The van der Waals surface area contributed by atoms with E-state index in [2.05, 4.69) is 67.0 Å². The van der Waals surface area contributed by atoms with E-state index in [9.17, 15) is 0 Å². The van der Waals surface area contributed by atoms with Crippen LogP contribution in [0.3, 0.4) is 0 Å². The molecular weight excluding hydrogens is 336 g/mol. The molecule has 4 nitrogen and oxygen atoms in total. The minimum atomic E-state index is 0.736. The van der Waals surface area contributed by atoms with Gasteiger partial charge in [-0.25, -0.2) is 9.67 Å². The maximum absolute atomic E-state index is 4.12. The van der Waals surface area contributed by atoms with Gasteiger partial charge in [0.2, 0.25) is 0 Å². The van der Waals surface area contributed by atoms with Crippen LogP contribution < -0.4 is 5.32 Å². The van der Waals surface area contributed by atoms with E-state index in [4.69, 9.17) is 0 Å². The molecule has 0 aliphatic heterocycles. The van der Waals surface area contributed by atoms with Gasteiger partial charge in [0.1, 0.15) is 12.7 Å². The topological polar surface area (TPSA) is 42.7 Å². The molecule has 0 fully saturated rings. The molecule has 0 amide bonds. The number of nitrogens with zero attached hydrogens (tertiary/aromatic N) is 3. The third-order valence-corrected chi connectivity index (χ3v) is 4.52. The number of thiophene rings is 1. The zero-order valence-electron chi connectivity index (χ0n) is 10.7. The Morgan fingerprint density at radius 1 is 1.30 bits per heavy atom. The lowest BCUT2D eigenvalue weighted by Crippen LogP contribution is -2.02. The lowest BCUT2D eigenvalue weighted by atomic mass is 10.2. The molecule has 3 rings (SSSR count). The molecule has 0 atom stereocenters. The first-order chi connectivity index (χ1) is 9.79. The lowest BCUT2D eigenvalue weighted by molar-refractivity contribution is 0.685. The molecule has 1 aromatic carbocycles. The monoisotopic (exact) mass is 348 g/mol. The second-order valence-electron chi connectivity index (χ2n) is 4.38. The average molecular weight is 349 g/mol. The van der Waals surface area contributed by atoms with Crippen LogP contribution in [0.4, 0.5) is 5.69 Å². The molecule has 0 saturated carbocycles. The summed E-state index contributed by atoms with van der Waals surface area (Å²) in [5.74, 6) is 0. The Labute approximate surface area is 129 Å². The summed E-state index contributed by atoms with van der Waals surface area (Å²) in [5.41, 5.74) is 2.32. The van der Waals surface area contributed by atoms with E-state index in [0.29, 0.717) is 0 Å². The van der Waals surface area contributed by atoms with Gasteiger partial charge in [-0.2, -0.15) is 5.10 Å².